The predicted molar refractivity (Wildman–Crippen MR) is 68.2 cm³/mol. The predicted octanol–water partition coefficient (Wildman–Crippen LogP) is 1.86. The summed E-state index contributed by atoms with van der Waals surface area (Å²) in [4.78, 5) is 2.48. The second-order valence-corrected chi connectivity index (χ2v) is 6.10. The van der Waals surface area contributed by atoms with Crippen molar-refractivity contribution in [3.63, 3.8) is 0 Å². The summed E-state index contributed by atoms with van der Waals surface area (Å²) >= 11 is 0. The Balaban J connectivity index is 2.12. The summed E-state index contributed by atoms with van der Waals surface area (Å²) in [5, 5.41) is 3.74. The van der Waals surface area contributed by atoms with Gasteiger partial charge in [0, 0.05) is 18.6 Å². The SMILES string of the molecule is C#CC(C)(C)N1CCCNC(C)(C2CC2)C1. The molecule has 2 aliphatic rings. The average molecular weight is 220 g/mol. The van der Waals surface area contributed by atoms with Gasteiger partial charge in [-0.2, -0.15) is 0 Å². The van der Waals surface area contributed by atoms with Gasteiger partial charge in [0.05, 0.1) is 5.54 Å². The number of rotatable bonds is 2. The van der Waals surface area contributed by atoms with Crippen molar-refractivity contribution in [3.8, 4) is 12.3 Å². The van der Waals surface area contributed by atoms with Gasteiger partial charge >= 0.3 is 0 Å². The van der Waals surface area contributed by atoms with Gasteiger partial charge in [0.1, 0.15) is 0 Å². The van der Waals surface area contributed by atoms with Gasteiger partial charge in [0.15, 0.2) is 0 Å². The van der Waals surface area contributed by atoms with E-state index in [0.29, 0.717) is 0 Å². The third kappa shape index (κ3) is 2.26. The van der Waals surface area contributed by atoms with Crippen LogP contribution in [0.4, 0.5) is 0 Å². The van der Waals surface area contributed by atoms with Crippen molar-refractivity contribution >= 4 is 0 Å². The molecule has 0 aromatic heterocycles. The number of hydrogen-bond donors (Lipinski definition) is 1. The van der Waals surface area contributed by atoms with Gasteiger partial charge in [-0.05, 0) is 52.5 Å². The Bertz CT molecular complexity index is 298. The summed E-state index contributed by atoms with van der Waals surface area (Å²) in [5.74, 6) is 3.80. The van der Waals surface area contributed by atoms with Gasteiger partial charge in [0.25, 0.3) is 0 Å². The zero-order valence-corrected chi connectivity index (χ0v) is 10.8. The molecule has 0 spiro atoms. The molecule has 1 aliphatic carbocycles. The highest BCUT2D eigenvalue weighted by atomic mass is 15.2. The largest absolute Gasteiger partial charge is 0.310 e. The number of terminal acetylenes is 1. The van der Waals surface area contributed by atoms with Gasteiger partial charge in [0.2, 0.25) is 0 Å². The fraction of sp³-hybridized carbons (Fsp3) is 0.857. The van der Waals surface area contributed by atoms with E-state index in [1.807, 2.05) is 0 Å². The van der Waals surface area contributed by atoms with Crippen LogP contribution in [0.3, 0.4) is 0 Å². The smallest absolute Gasteiger partial charge is 0.0766 e. The van der Waals surface area contributed by atoms with Gasteiger partial charge in [-0.1, -0.05) is 5.92 Å². The van der Waals surface area contributed by atoms with Crippen LogP contribution in [0.25, 0.3) is 0 Å². The summed E-state index contributed by atoms with van der Waals surface area (Å²) in [6.45, 7) is 10.0. The molecule has 1 heterocycles. The molecule has 1 saturated carbocycles. The Morgan fingerprint density at radius 2 is 2.12 bits per heavy atom. The molecule has 2 fully saturated rings. The minimum Gasteiger partial charge on any atom is -0.310 e. The van der Waals surface area contributed by atoms with E-state index >= 15 is 0 Å². The molecular weight excluding hydrogens is 196 g/mol. The van der Waals surface area contributed by atoms with E-state index in [1.165, 1.54) is 19.3 Å². The van der Waals surface area contributed by atoms with Crippen molar-refractivity contribution in [1.29, 1.82) is 0 Å². The number of nitrogens with one attached hydrogen (secondary N) is 1. The zero-order chi connectivity index (χ0) is 11.8. The lowest BCUT2D eigenvalue weighted by atomic mass is 9.93. The molecule has 0 bridgehead atoms. The van der Waals surface area contributed by atoms with Crippen LogP contribution in [-0.2, 0) is 0 Å². The summed E-state index contributed by atoms with van der Waals surface area (Å²) in [5.41, 5.74) is 0.173. The van der Waals surface area contributed by atoms with Crippen LogP contribution in [0.2, 0.25) is 0 Å². The van der Waals surface area contributed by atoms with Crippen molar-refractivity contribution in [2.24, 2.45) is 5.92 Å². The fourth-order valence-corrected chi connectivity index (χ4v) is 2.74. The normalized spacial score (nSPS) is 33.1. The first-order valence-corrected chi connectivity index (χ1v) is 6.46. The molecule has 2 nitrogen and oxygen atoms in total. The van der Waals surface area contributed by atoms with E-state index < -0.39 is 0 Å². The second kappa shape index (κ2) is 4.05. The van der Waals surface area contributed by atoms with Crippen LogP contribution < -0.4 is 5.32 Å². The van der Waals surface area contributed by atoms with Crippen LogP contribution in [-0.4, -0.2) is 35.6 Å². The van der Waals surface area contributed by atoms with Crippen LogP contribution in [0, 0.1) is 18.3 Å². The van der Waals surface area contributed by atoms with Crippen molar-refractivity contribution in [1.82, 2.24) is 10.2 Å². The molecule has 1 N–H and O–H groups in total. The third-order valence-corrected chi connectivity index (χ3v) is 4.28. The second-order valence-electron chi connectivity index (χ2n) is 6.10. The summed E-state index contributed by atoms with van der Waals surface area (Å²) in [6, 6.07) is 0. The van der Waals surface area contributed by atoms with Gasteiger partial charge < -0.3 is 5.32 Å². The topological polar surface area (TPSA) is 15.3 Å². The van der Waals surface area contributed by atoms with Crippen molar-refractivity contribution in [2.75, 3.05) is 19.6 Å². The zero-order valence-electron chi connectivity index (χ0n) is 10.8. The van der Waals surface area contributed by atoms with Crippen LogP contribution in [0.5, 0.6) is 0 Å². The van der Waals surface area contributed by atoms with Crippen LogP contribution in [0.15, 0.2) is 0 Å². The maximum absolute atomic E-state index is 5.66. The molecule has 0 amide bonds. The summed E-state index contributed by atoms with van der Waals surface area (Å²) < 4.78 is 0. The third-order valence-electron chi connectivity index (χ3n) is 4.28. The summed E-state index contributed by atoms with van der Waals surface area (Å²) in [7, 11) is 0. The Kier molecular flexibility index (Phi) is 3.03. The molecular formula is C14H24N2. The first kappa shape index (κ1) is 12.0. The molecule has 2 rings (SSSR count). The standard InChI is InChI=1S/C14H24N2/c1-5-13(2,3)16-10-6-9-15-14(4,11-16)12-7-8-12/h1,12,15H,6-11H2,2-4H3. The molecule has 1 aliphatic heterocycles. The minimum absolute atomic E-state index is 0.109. The Morgan fingerprint density at radius 1 is 1.44 bits per heavy atom. The van der Waals surface area contributed by atoms with Crippen molar-refractivity contribution in [3.05, 3.63) is 0 Å². The molecule has 1 atom stereocenters. The first-order chi connectivity index (χ1) is 7.48. The molecule has 1 unspecified atom stereocenters. The fourth-order valence-electron chi connectivity index (χ4n) is 2.74. The monoisotopic (exact) mass is 220 g/mol. The lowest BCUT2D eigenvalue weighted by molar-refractivity contribution is 0.130. The highest BCUT2D eigenvalue weighted by Gasteiger charge is 2.44. The number of nitrogens with zero attached hydrogens (tertiary/aromatic N) is 1. The van der Waals surface area contributed by atoms with E-state index in [-0.39, 0.29) is 11.1 Å². The quantitative estimate of drug-likeness (QED) is 0.715. The van der Waals surface area contributed by atoms with E-state index in [9.17, 15) is 0 Å². The molecule has 1 saturated heterocycles. The Morgan fingerprint density at radius 3 is 2.69 bits per heavy atom. The molecule has 16 heavy (non-hydrogen) atoms. The average Bonchev–Trinajstić information content (AvgIpc) is 3.03. The van der Waals surface area contributed by atoms with E-state index in [4.69, 9.17) is 6.42 Å². The van der Waals surface area contributed by atoms with Gasteiger partial charge in [-0.15, -0.1) is 6.42 Å². The maximum atomic E-state index is 5.66. The molecule has 2 heteroatoms. The highest BCUT2D eigenvalue weighted by Crippen LogP contribution is 2.41. The molecule has 0 radical (unpaired) electrons. The summed E-state index contributed by atoms with van der Waals surface area (Å²) in [6.07, 6.45) is 9.62. The maximum Gasteiger partial charge on any atom is 0.0766 e. The lowest BCUT2D eigenvalue weighted by Crippen LogP contribution is -2.55. The van der Waals surface area contributed by atoms with Crippen LogP contribution >= 0.6 is 0 Å². The molecule has 0 aromatic rings. The van der Waals surface area contributed by atoms with Crippen LogP contribution in [0.1, 0.15) is 40.0 Å². The lowest BCUT2D eigenvalue weighted by Gasteiger charge is -2.40. The Labute approximate surface area is 99.8 Å². The van der Waals surface area contributed by atoms with E-state index in [1.54, 1.807) is 0 Å². The van der Waals surface area contributed by atoms with Crippen molar-refractivity contribution in [2.45, 2.75) is 51.1 Å². The minimum atomic E-state index is -0.109. The highest BCUT2D eigenvalue weighted by molar-refractivity contribution is 5.12. The molecule has 0 aromatic carbocycles. The van der Waals surface area contributed by atoms with Crippen molar-refractivity contribution < 1.29 is 0 Å². The Hall–Kier alpha value is -0.520. The van der Waals surface area contributed by atoms with E-state index in [0.717, 1.165) is 25.6 Å². The van der Waals surface area contributed by atoms with E-state index in [2.05, 4.69) is 36.9 Å². The first-order valence-electron chi connectivity index (χ1n) is 6.46. The van der Waals surface area contributed by atoms with Gasteiger partial charge in [-0.3, -0.25) is 4.90 Å². The molecule has 90 valence electrons. The van der Waals surface area contributed by atoms with Gasteiger partial charge in [-0.25, -0.2) is 0 Å². The number of hydrogen-bond acceptors (Lipinski definition) is 2.